The summed E-state index contributed by atoms with van der Waals surface area (Å²) in [4.78, 5) is 0. The highest BCUT2D eigenvalue weighted by atomic mass is 32.2. The van der Waals surface area contributed by atoms with Crippen molar-refractivity contribution in [1.82, 2.24) is 0 Å². The summed E-state index contributed by atoms with van der Waals surface area (Å²) in [5.74, 6) is -0.280. The standard InChI is InChI=1S/C13H19FN2S/c1-17-13(4-2-3-5-13)9-16-12-7-10(14)6-11(15)8-12/h6-8,16H,2-5,9,15H2,1H3. The second kappa shape index (κ2) is 5.17. The number of rotatable bonds is 4. The predicted molar refractivity (Wildman–Crippen MR) is 74.0 cm³/mol. The van der Waals surface area contributed by atoms with Crippen molar-refractivity contribution in [2.75, 3.05) is 23.9 Å². The van der Waals surface area contributed by atoms with Crippen LogP contribution in [-0.2, 0) is 0 Å². The van der Waals surface area contributed by atoms with Crippen molar-refractivity contribution in [1.29, 1.82) is 0 Å². The van der Waals surface area contributed by atoms with Gasteiger partial charge in [-0.2, -0.15) is 11.8 Å². The van der Waals surface area contributed by atoms with Crippen LogP contribution < -0.4 is 11.1 Å². The summed E-state index contributed by atoms with van der Waals surface area (Å²) in [6, 6.07) is 4.62. The Hall–Kier alpha value is -0.900. The van der Waals surface area contributed by atoms with E-state index in [-0.39, 0.29) is 5.82 Å². The van der Waals surface area contributed by atoms with Gasteiger partial charge in [0.2, 0.25) is 0 Å². The maximum atomic E-state index is 13.2. The quantitative estimate of drug-likeness (QED) is 0.808. The molecule has 1 aromatic rings. The molecule has 17 heavy (non-hydrogen) atoms. The Morgan fingerprint density at radius 1 is 1.35 bits per heavy atom. The monoisotopic (exact) mass is 254 g/mol. The van der Waals surface area contributed by atoms with Crippen molar-refractivity contribution in [3.63, 3.8) is 0 Å². The van der Waals surface area contributed by atoms with Gasteiger partial charge in [0.05, 0.1) is 0 Å². The zero-order valence-corrected chi connectivity index (χ0v) is 10.9. The number of halogens is 1. The first kappa shape index (κ1) is 12.6. The molecule has 0 bridgehead atoms. The molecule has 0 radical (unpaired) electrons. The van der Waals surface area contributed by atoms with Crippen LogP contribution in [0.4, 0.5) is 15.8 Å². The highest BCUT2D eigenvalue weighted by Crippen LogP contribution is 2.40. The first-order valence-corrected chi connectivity index (χ1v) is 7.21. The fraction of sp³-hybridized carbons (Fsp3) is 0.538. The van der Waals surface area contributed by atoms with Gasteiger partial charge in [-0.3, -0.25) is 0 Å². The second-order valence-corrected chi connectivity index (χ2v) is 6.00. The Morgan fingerprint density at radius 2 is 2.06 bits per heavy atom. The van der Waals surface area contributed by atoms with Gasteiger partial charge in [0.1, 0.15) is 5.82 Å². The van der Waals surface area contributed by atoms with Gasteiger partial charge in [-0.05, 0) is 37.3 Å². The van der Waals surface area contributed by atoms with Crippen molar-refractivity contribution in [3.05, 3.63) is 24.0 Å². The van der Waals surface area contributed by atoms with Gasteiger partial charge in [-0.25, -0.2) is 4.39 Å². The number of hydrogen-bond acceptors (Lipinski definition) is 3. The molecule has 0 aliphatic heterocycles. The lowest BCUT2D eigenvalue weighted by molar-refractivity contribution is 0.625. The third-order valence-corrected chi connectivity index (χ3v) is 4.90. The zero-order chi connectivity index (χ0) is 12.3. The Morgan fingerprint density at radius 3 is 2.65 bits per heavy atom. The Bertz CT molecular complexity index is 369. The van der Waals surface area contributed by atoms with Crippen molar-refractivity contribution < 1.29 is 4.39 Å². The SMILES string of the molecule is CSC1(CNc2cc(N)cc(F)c2)CCCC1. The zero-order valence-electron chi connectivity index (χ0n) is 10.1. The maximum Gasteiger partial charge on any atom is 0.127 e. The molecular weight excluding hydrogens is 235 g/mol. The minimum atomic E-state index is -0.280. The normalized spacial score (nSPS) is 18.2. The van der Waals surface area contributed by atoms with Crippen LogP contribution in [0.25, 0.3) is 0 Å². The van der Waals surface area contributed by atoms with E-state index in [1.54, 1.807) is 6.07 Å². The summed E-state index contributed by atoms with van der Waals surface area (Å²) >= 11 is 1.92. The summed E-state index contributed by atoms with van der Waals surface area (Å²) in [6.45, 7) is 0.886. The number of hydrogen-bond donors (Lipinski definition) is 2. The molecule has 0 heterocycles. The van der Waals surface area contributed by atoms with Crippen LogP contribution >= 0.6 is 11.8 Å². The van der Waals surface area contributed by atoms with Crippen molar-refractivity contribution in [2.24, 2.45) is 0 Å². The summed E-state index contributed by atoms with van der Waals surface area (Å²) in [7, 11) is 0. The second-order valence-electron chi connectivity index (χ2n) is 4.72. The molecule has 1 aliphatic carbocycles. The van der Waals surface area contributed by atoms with Crippen molar-refractivity contribution in [3.8, 4) is 0 Å². The van der Waals surface area contributed by atoms with E-state index >= 15 is 0 Å². The largest absolute Gasteiger partial charge is 0.399 e. The van der Waals surface area contributed by atoms with E-state index in [2.05, 4.69) is 11.6 Å². The van der Waals surface area contributed by atoms with E-state index in [1.807, 2.05) is 11.8 Å². The average molecular weight is 254 g/mol. The molecule has 1 fully saturated rings. The summed E-state index contributed by atoms with van der Waals surface area (Å²) in [5, 5.41) is 3.32. The van der Waals surface area contributed by atoms with E-state index in [9.17, 15) is 4.39 Å². The fourth-order valence-electron chi connectivity index (χ4n) is 2.45. The van der Waals surface area contributed by atoms with Crippen LogP contribution in [0, 0.1) is 5.82 Å². The van der Waals surface area contributed by atoms with Gasteiger partial charge in [-0.15, -0.1) is 0 Å². The van der Waals surface area contributed by atoms with Crippen LogP contribution in [0.1, 0.15) is 25.7 Å². The third-order valence-electron chi connectivity index (χ3n) is 3.48. The van der Waals surface area contributed by atoms with Crippen LogP contribution in [0.15, 0.2) is 18.2 Å². The Labute approximate surface area is 106 Å². The molecule has 2 nitrogen and oxygen atoms in total. The molecule has 94 valence electrons. The minimum absolute atomic E-state index is 0.280. The first-order chi connectivity index (χ1) is 8.13. The molecule has 2 rings (SSSR count). The molecule has 4 heteroatoms. The number of benzene rings is 1. The summed E-state index contributed by atoms with van der Waals surface area (Å²) in [6.07, 6.45) is 7.24. The van der Waals surface area contributed by atoms with E-state index in [0.717, 1.165) is 12.2 Å². The van der Waals surface area contributed by atoms with Crippen LogP contribution in [0.3, 0.4) is 0 Å². The van der Waals surface area contributed by atoms with Crippen LogP contribution in [0.2, 0.25) is 0 Å². The number of thioether (sulfide) groups is 1. The molecule has 1 aliphatic rings. The van der Waals surface area contributed by atoms with E-state index in [0.29, 0.717) is 10.4 Å². The molecule has 1 saturated carbocycles. The van der Waals surface area contributed by atoms with Gasteiger partial charge >= 0.3 is 0 Å². The van der Waals surface area contributed by atoms with Gasteiger partial charge in [0.25, 0.3) is 0 Å². The number of nitrogen functional groups attached to an aromatic ring is 1. The van der Waals surface area contributed by atoms with E-state index < -0.39 is 0 Å². The molecule has 0 saturated heterocycles. The molecule has 0 amide bonds. The summed E-state index contributed by atoms with van der Waals surface area (Å²) in [5.41, 5.74) is 6.87. The Kier molecular flexibility index (Phi) is 3.82. The highest BCUT2D eigenvalue weighted by molar-refractivity contribution is 8.00. The lowest BCUT2D eigenvalue weighted by Crippen LogP contribution is -2.30. The van der Waals surface area contributed by atoms with Gasteiger partial charge in [0, 0.05) is 22.7 Å². The number of anilines is 2. The highest BCUT2D eigenvalue weighted by Gasteiger charge is 2.32. The number of nitrogens with two attached hydrogens (primary N) is 1. The smallest absolute Gasteiger partial charge is 0.127 e. The topological polar surface area (TPSA) is 38.0 Å². The molecule has 0 atom stereocenters. The molecule has 1 aromatic carbocycles. The molecule has 0 aromatic heterocycles. The van der Waals surface area contributed by atoms with E-state index in [4.69, 9.17) is 5.73 Å². The lowest BCUT2D eigenvalue weighted by Gasteiger charge is -2.27. The number of nitrogens with one attached hydrogen (secondary N) is 1. The molecule has 0 unspecified atom stereocenters. The summed E-state index contributed by atoms with van der Waals surface area (Å²) < 4.78 is 13.5. The average Bonchev–Trinajstić information content (AvgIpc) is 2.74. The lowest BCUT2D eigenvalue weighted by atomic mass is 10.1. The van der Waals surface area contributed by atoms with Crippen molar-refractivity contribution >= 4 is 23.1 Å². The third kappa shape index (κ3) is 3.06. The van der Waals surface area contributed by atoms with Crippen molar-refractivity contribution in [2.45, 2.75) is 30.4 Å². The Balaban J connectivity index is 2.01. The van der Waals surface area contributed by atoms with Gasteiger partial charge < -0.3 is 11.1 Å². The first-order valence-electron chi connectivity index (χ1n) is 5.99. The van der Waals surface area contributed by atoms with Crippen LogP contribution in [-0.4, -0.2) is 17.5 Å². The van der Waals surface area contributed by atoms with Gasteiger partial charge in [0.15, 0.2) is 0 Å². The minimum Gasteiger partial charge on any atom is -0.399 e. The molecule has 3 N–H and O–H groups in total. The predicted octanol–water partition coefficient (Wildman–Crippen LogP) is 3.50. The molecule has 0 spiro atoms. The van der Waals surface area contributed by atoms with Gasteiger partial charge in [-0.1, -0.05) is 12.8 Å². The van der Waals surface area contributed by atoms with E-state index in [1.165, 1.54) is 37.8 Å². The fourth-order valence-corrected chi connectivity index (χ4v) is 3.36. The molecular formula is C13H19FN2S. The van der Waals surface area contributed by atoms with Crippen LogP contribution in [0.5, 0.6) is 0 Å². The maximum absolute atomic E-state index is 13.2.